The van der Waals surface area contributed by atoms with E-state index in [-0.39, 0.29) is 0 Å². The van der Waals surface area contributed by atoms with Crippen LogP contribution in [0, 0.1) is 5.41 Å². The third kappa shape index (κ3) is 3.93. The van der Waals surface area contributed by atoms with Gasteiger partial charge in [0.25, 0.3) is 0 Å². The topological polar surface area (TPSA) is 97.4 Å². The predicted molar refractivity (Wildman–Crippen MR) is 52.2 cm³/mol. The summed E-state index contributed by atoms with van der Waals surface area (Å²) in [5.74, 6) is 0.00162. The van der Waals surface area contributed by atoms with Gasteiger partial charge in [0.15, 0.2) is 0 Å². The number of hydroxylamine groups is 1. The highest BCUT2D eigenvalue weighted by atomic mass is 31.1. The molecule has 0 saturated carbocycles. The van der Waals surface area contributed by atoms with Crippen molar-refractivity contribution < 1.29 is 13.7 Å². The molecule has 0 fully saturated rings. The normalized spacial score (nSPS) is 11.7. The van der Waals surface area contributed by atoms with Gasteiger partial charge in [0.2, 0.25) is 5.96 Å². The van der Waals surface area contributed by atoms with Gasteiger partial charge in [0, 0.05) is 0 Å². The zero-order chi connectivity index (χ0) is 10.4. The highest BCUT2D eigenvalue weighted by Gasteiger charge is 2.01. The maximum atomic E-state index is 11.0. The van der Waals surface area contributed by atoms with E-state index in [1.165, 1.54) is 0 Å². The zero-order valence-corrected chi connectivity index (χ0v) is 8.19. The number of para-hydroxylation sites is 1. The SMILES string of the molecule is N=C(N)NO[PH](=O)Oc1ccccc1. The summed E-state index contributed by atoms with van der Waals surface area (Å²) in [7, 11) is -2.72. The van der Waals surface area contributed by atoms with Gasteiger partial charge in [-0.25, -0.2) is 10.0 Å². The first kappa shape index (κ1) is 10.6. The van der Waals surface area contributed by atoms with E-state index in [0.29, 0.717) is 5.75 Å². The third-order valence-corrected chi connectivity index (χ3v) is 1.86. The molecule has 1 aromatic carbocycles. The molecule has 0 aliphatic heterocycles. The molecule has 0 aliphatic carbocycles. The molecule has 7 heteroatoms. The Labute approximate surface area is 81.4 Å². The van der Waals surface area contributed by atoms with Gasteiger partial charge in [-0.3, -0.25) is 5.41 Å². The average Bonchev–Trinajstić information content (AvgIpc) is 2.16. The molecule has 0 heterocycles. The van der Waals surface area contributed by atoms with Crippen LogP contribution in [0.5, 0.6) is 5.75 Å². The van der Waals surface area contributed by atoms with Gasteiger partial charge in [-0.1, -0.05) is 18.2 Å². The van der Waals surface area contributed by atoms with Crippen molar-refractivity contribution >= 4 is 14.2 Å². The number of benzene rings is 1. The van der Waals surface area contributed by atoms with Crippen LogP contribution >= 0.6 is 8.25 Å². The molecule has 6 nitrogen and oxygen atoms in total. The summed E-state index contributed by atoms with van der Waals surface area (Å²) in [4.78, 5) is 0. The highest BCUT2D eigenvalue weighted by molar-refractivity contribution is 7.33. The Morgan fingerprint density at radius 3 is 2.64 bits per heavy atom. The van der Waals surface area contributed by atoms with Gasteiger partial charge in [0.05, 0.1) is 0 Å². The average molecular weight is 215 g/mol. The van der Waals surface area contributed by atoms with E-state index in [9.17, 15) is 4.57 Å². The Morgan fingerprint density at radius 1 is 1.43 bits per heavy atom. The second kappa shape index (κ2) is 5.26. The fourth-order valence-corrected chi connectivity index (χ4v) is 1.27. The number of nitrogens with two attached hydrogens (primary N) is 1. The molecule has 0 aromatic heterocycles. The Kier molecular flexibility index (Phi) is 3.97. The van der Waals surface area contributed by atoms with Crippen molar-refractivity contribution in [1.82, 2.24) is 5.48 Å². The van der Waals surface area contributed by atoms with E-state index in [2.05, 4.69) is 4.62 Å². The fraction of sp³-hybridized carbons (Fsp3) is 0. The van der Waals surface area contributed by atoms with Crippen molar-refractivity contribution in [2.45, 2.75) is 0 Å². The summed E-state index contributed by atoms with van der Waals surface area (Å²) in [6, 6.07) is 8.56. The van der Waals surface area contributed by atoms with Crippen LogP contribution in [0.25, 0.3) is 0 Å². The number of hydrogen-bond donors (Lipinski definition) is 3. The summed E-state index contributed by atoms with van der Waals surface area (Å²) >= 11 is 0. The van der Waals surface area contributed by atoms with Crippen LogP contribution in [-0.4, -0.2) is 5.96 Å². The predicted octanol–water partition coefficient (Wildman–Crippen LogP) is 0.870. The van der Waals surface area contributed by atoms with E-state index >= 15 is 0 Å². The van der Waals surface area contributed by atoms with E-state index in [1.807, 2.05) is 5.48 Å². The molecular formula is C7H10N3O3P. The van der Waals surface area contributed by atoms with Crippen molar-refractivity contribution in [3.05, 3.63) is 30.3 Å². The lowest BCUT2D eigenvalue weighted by molar-refractivity contribution is 0.239. The second-order valence-electron chi connectivity index (χ2n) is 2.28. The summed E-state index contributed by atoms with van der Waals surface area (Å²) < 4.78 is 20.3. The molecule has 0 bridgehead atoms. The summed E-state index contributed by atoms with van der Waals surface area (Å²) in [6.45, 7) is 0. The first-order chi connectivity index (χ1) is 6.68. The van der Waals surface area contributed by atoms with Crippen molar-refractivity contribution in [3.8, 4) is 5.75 Å². The quantitative estimate of drug-likeness (QED) is 0.299. The standard InChI is InChI=1S/C7H10N3O3P/c8-7(9)10-13-14(11)12-6-4-2-1-3-5-6/h1-5,14H,(H4,8,9,10). The highest BCUT2D eigenvalue weighted by Crippen LogP contribution is 2.25. The minimum absolute atomic E-state index is 0.431. The lowest BCUT2D eigenvalue weighted by atomic mass is 10.3. The van der Waals surface area contributed by atoms with E-state index in [0.717, 1.165) is 0 Å². The Bertz CT molecular complexity index is 330. The number of hydrogen-bond acceptors (Lipinski definition) is 4. The van der Waals surface area contributed by atoms with Crippen LogP contribution in [0.2, 0.25) is 0 Å². The molecule has 1 unspecified atom stereocenters. The largest absolute Gasteiger partial charge is 0.425 e. The second-order valence-corrected chi connectivity index (χ2v) is 3.19. The lowest BCUT2D eigenvalue weighted by Crippen LogP contribution is -2.28. The molecule has 14 heavy (non-hydrogen) atoms. The van der Waals surface area contributed by atoms with Crippen LogP contribution in [0.4, 0.5) is 0 Å². The summed E-state index contributed by atoms with van der Waals surface area (Å²) in [5, 5.41) is 6.73. The monoisotopic (exact) mass is 215 g/mol. The maximum Gasteiger partial charge on any atom is 0.389 e. The van der Waals surface area contributed by atoms with E-state index < -0.39 is 14.2 Å². The van der Waals surface area contributed by atoms with Crippen molar-refractivity contribution in [3.63, 3.8) is 0 Å². The van der Waals surface area contributed by atoms with E-state index in [1.54, 1.807) is 30.3 Å². The first-order valence-corrected chi connectivity index (χ1v) is 4.94. The fourth-order valence-electron chi connectivity index (χ4n) is 0.702. The molecule has 0 spiro atoms. The molecule has 4 N–H and O–H groups in total. The van der Waals surface area contributed by atoms with Gasteiger partial charge in [0.1, 0.15) is 5.75 Å². The van der Waals surface area contributed by atoms with Crippen LogP contribution in [-0.2, 0) is 9.19 Å². The molecule has 76 valence electrons. The van der Waals surface area contributed by atoms with Crippen molar-refractivity contribution in [2.24, 2.45) is 5.73 Å². The molecule has 1 atom stereocenters. The minimum Gasteiger partial charge on any atom is -0.425 e. The van der Waals surface area contributed by atoms with Crippen LogP contribution < -0.4 is 15.7 Å². The van der Waals surface area contributed by atoms with E-state index in [4.69, 9.17) is 15.7 Å². The molecule has 0 aliphatic rings. The van der Waals surface area contributed by atoms with Crippen LogP contribution in [0.15, 0.2) is 30.3 Å². The Balaban J connectivity index is 2.38. The van der Waals surface area contributed by atoms with Gasteiger partial charge < -0.3 is 10.3 Å². The smallest absolute Gasteiger partial charge is 0.389 e. The number of nitrogens with one attached hydrogen (secondary N) is 2. The number of guanidine groups is 1. The maximum absolute atomic E-state index is 11.0. The van der Waals surface area contributed by atoms with Crippen LogP contribution in [0.1, 0.15) is 0 Å². The first-order valence-electron chi connectivity index (χ1n) is 3.72. The van der Waals surface area contributed by atoms with Gasteiger partial charge in [-0.15, -0.1) is 0 Å². The summed E-state index contributed by atoms with van der Waals surface area (Å²) in [5.41, 5.74) is 6.84. The zero-order valence-electron chi connectivity index (χ0n) is 7.19. The van der Waals surface area contributed by atoms with Gasteiger partial charge in [-0.05, 0) is 12.1 Å². The van der Waals surface area contributed by atoms with Crippen molar-refractivity contribution in [2.75, 3.05) is 0 Å². The van der Waals surface area contributed by atoms with Crippen LogP contribution in [0.3, 0.4) is 0 Å². The van der Waals surface area contributed by atoms with Gasteiger partial charge >= 0.3 is 8.25 Å². The van der Waals surface area contributed by atoms with Crippen molar-refractivity contribution in [1.29, 1.82) is 5.41 Å². The molecule has 0 radical (unpaired) electrons. The molecular weight excluding hydrogens is 205 g/mol. The third-order valence-electron chi connectivity index (χ3n) is 1.19. The molecule has 1 rings (SSSR count). The Hall–Kier alpha value is -1.52. The minimum atomic E-state index is -2.72. The number of rotatable bonds is 4. The van der Waals surface area contributed by atoms with Gasteiger partial charge in [-0.2, -0.15) is 4.62 Å². The molecule has 1 aromatic rings. The Morgan fingerprint density at radius 2 is 2.07 bits per heavy atom. The molecule has 0 amide bonds. The molecule has 0 saturated heterocycles. The summed E-state index contributed by atoms with van der Waals surface area (Å²) in [6.07, 6.45) is 0. The lowest BCUT2D eigenvalue weighted by Gasteiger charge is -2.06.